The summed E-state index contributed by atoms with van der Waals surface area (Å²) in [4.78, 5) is 12.4. The maximum Gasteiger partial charge on any atom is 0.307 e. The number of amides is 1. The quantitative estimate of drug-likeness (QED) is 0.677. The molecule has 2 rings (SSSR count). The number of benzene rings is 1. The Balaban J connectivity index is 2.23. The molecule has 0 atom stereocenters. The number of hydrogen-bond acceptors (Lipinski definition) is 5. The molecule has 0 aliphatic rings. The van der Waals surface area contributed by atoms with Crippen LogP contribution in [0.15, 0.2) is 34.5 Å². The van der Waals surface area contributed by atoms with E-state index in [2.05, 4.69) is 10.2 Å². The van der Waals surface area contributed by atoms with Crippen molar-refractivity contribution in [3.05, 3.63) is 38.8 Å². The molecular formula is C12H11N3O2S2. The van der Waals surface area contributed by atoms with Crippen molar-refractivity contribution >= 4 is 35.1 Å². The first kappa shape index (κ1) is 13.6. The van der Waals surface area contributed by atoms with E-state index < -0.39 is 5.91 Å². The van der Waals surface area contributed by atoms with E-state index in [4.69, 9.17) is 17.3 Å². The second kappa shape index (κ2) is 5.41. The van der Waals surface area contributed by atoms with Gasteiger partial charge in [0.05, 0.1) is 5.69 Å². The van der Waals surface area contributed by atoms with Gasteiger partial charge in [-0.3, -0.25) is 4.79 Å². The van der Waals surface area contributed by atoms with Gasteiger partial charge in [0.1, 0.15) is 10.6 Å². The number of hydrogen-bond donors (Lipinski definition) is 1. The normalized spacial score (nSPS) is 11.1. The number of aromatic nitrogens is 1. The Kier molecular flexibility index (Phi) is 3.87. The van der Waals surface area contributed by atoms with Gasteiger partial charge in [-0.25, -0.2) is 0 Å². The molecule has 7 heteroatoms. The van der Waals surface area contributed by atoms with Crippen molar-refractivity contribution in [3.63, 3.8) is 0 Å². The number of nitrogens with zero attached hydrogens (tertiary/aromatic N) is 3. The van der Waals surface area contributed by atoms with Crippen LogP contribution in [0.3, 0.4) is 0 Å². The molecule has 1 amide bonds. The molecule has 0 saturated heterocycles. The lowest BCUT2D eigenvalue weighted by Crippen LogP contribution is -1.97. The predicted octanol–water partition coefficient (Wildman–Crippen LogP) is 3.75. The topological polar surface area (TPSA) is 66.9 Å². The highest BCUT2D eigenvalue weighted by atomic mass is 32.1. The first-order valence-corrected chi connectivity index (χ1v) is 6.63. The lowest BCUT2D eigenvalue weighted by atomic mass is 10.3. The van der Waals surface area contributed by atoms with E-state index in [9.17, 15) is 4.79 Å². The standard InChI is InChI=1S/C12H11N3O2S2/c1-7-10(19-12(18)15(7)2)11(17)14-13-8-3-5-9(16)6-4-8/h3-6,16H,1-2H3. The molecule has 0 fully saturated rings. The monoisotopic (exact) mass is 293 g/mol. The molecule has 0 aliphatic carbocycles. The van der Waals surface area contributed by atoms with Gasteiger partial charge in [0.25, 0.3) is 0 Å². The van der Waals surface area contributed by atoms with E-state index in [0.29, 0.717) is 14.5 Å². The summed E-state index contributed by atoms with van der Waals surface area (Å²) >= 11 is 6.32. The molecule has 0 saturated carbocycles. The molecule has 1 aromatic heterocycles. The summed E-state index contributed by atoms with van der Waals surface area (Å²) in [7, 11) is 1.81. The summed E-state index contributed by atoms with van der Waals surface area (Å²) in [5.41, 5.74) is 1.29. The zero-order chi connectivity index (χ0) is 14.0. The summed E-state index contributed by atoms with van der Waals surface area (Å²) in [6.45, 7) is 1.82. The van der Waals surface area contributed by atoms with Gasteiger partial charge in [-0.05, 0) is 43.4 Å². The Hall–Kier alpha value is -1.86. The summed E-state index contributed by atoms with van der Waals surface area (Å²) in [6.07, 6.45) is 0. The number of carbonyl (C=O) groups excluding carboxylic acids is 1. The van der Waals surface area contributed by atoms with Crippen LogP contribution in [0.2, 0.25) is 0 Å². The van der Waals surface area contributed by atoms with Gasteiger partial charge in [-0.1, -0.05) is 11.3 Å². The van der Waals surface area contributed by atoms with Crippen LogP contribution in [0.1, 0.15) is 15.4 Å². The molecule has 0 radical (unpaired) electrons. The molecular weight excluding hydrogens is 282 g/mol. The molecule has 0 spiro atoms. The second-order valence-corrected chi connectivity index (χ2v) is 5.51. The lowest BCUT2D eigenvalue weighted by molar-refractivity contribution is 0.0998. The number of carbonyl (C=O) groups is 1. The van der Waals surface area contributed by atoms with E-state index >= 15 is 0 Å². The minimum absolute atomic E-state index is 0.141. The van der Waals surface area contributed by atoms with Crippen LogP contribution in [-0.4, -0.2) is 15.6 Å². The van der Waals surface area contributed by atoms with Crippen LogP contribution in [0.4, 0.5) is 5.69 Å². The van der Waals surface area contributed by atoms with Crippen LogP contribution >= 0.6 is 23.6 Å². The van der Waals surface area contributed by atoms with Crippen molar-refractivity contribution in [1.82, 2.24) is 4.57 Å². The molecule has 0 bridgehead atoms. The van der Waals surface area contributed by atoms with Gasteiger partial charge < -0.3 is 9.67 Å². The number of phenolic OH excluding ortho intramolecular Hbond substituents is 1. The second-order valence-electron chi connectivity index (χ2n) is 3.86. The smallest absolute Gasteiger partial charge is 0.307 e. The van der Waals surface area contributed by atoms with E-state index in [1.54, 1.807) is 16.7 Å². The zero-order valence-corrected chi connectivity index (χ0v) is 12.0. The van der Waals surface area contributed by atoms with Crippen molar-refractivity contribution < 1.29 is 9.90 Å². The third-order valence-electron chi connectivity index (χ3n) is 2.60. The van der Waals surface area contributed by atoms with E-state index in [1.165, 1.54) is 23.5 Å². The minimum Gasteiger partial charge on any atom is -0.508 e. The Labute approximate surface area is 118 Å². The average molecular weight is 293 g/mol. The molecule has 19 heavy (non-hydrogen) atoms. The predicted molar refractivity (Wildman–Crippen MR) is 75.8 cm³/mol. The van der Waals surface area contributed by atoms with E-state index in [0.717, 1.165) is 5.69 Å². The minimum atomic E-state index is -0.415. The van der Waals surface area contributed by atoms with Crippen molar-refractivity contribution in [1.29, 1.82) is 0 Å². The number of thiazole rings is 1. The molecule has 2 aromatic rings. The lowest BCUT2D eigenvalue weighted by Gasteiger charge is -1.95. The Morgan fingerprint density at radius 2 is 2.00 bits per heavy atom. The van der Waals surface area contributed by atoms with Crippen molar-refractivity contribution in [2.75, 3.05) is 0 Å². The zero-order valence-electron chi connectivity index (χ0n) is 10.3. The molecule has 0 unspecified atom stereocenters. The Morgan fingerprint density at radius 1 is 1.37 bits per heavy atom. The van der Waals surface area contributed by atoms with Crippen molar-refractivity contribution in [3.8, 4) is 5.75 Å². The highest BCUT2D eigenvalue weighted by Crippen LogP contribution is 2.21. The molecule has 1 N–H and O–H groups in total. The number of azo groups is 1. The fourth-order valence-corrected chi connectivity index (χ4v) is 2.63. The SMILES string of the molecule is Cc1c(C(=O)N=Nc2ccc(O)cc2)sc(=S)n1C. The molecule has 5 nitrogen and oxygen atoms in total. The van der Waals surface area contributed by atoms with Gasteiger partial charge in [0.2, 0.25) is 0 Å². The summed E-state index contributed by atoms with van der Waals surface area (Å²) in [5.74, 6) is -0.274. The van der Waals surface area contributed by atoms with Gasteiger partial charge in [0.15, 0.2) is 3.95 Å². The highest BCUT2D eigenvalue weighted by molar-refractivity contribution is 7.73. The fraction of sp³-hybridized carbons (Fsp3) is 0.167. The largest absolute Gasteiger partial charge is 0.508 e. The molecule has 98 valence electrons. The number of rotatable bonds is 2. The van der Waals surface area contributed by atoms with Crippen molar-refractivity contribution in [2.24, 2.45) is 17.3 Å². The maximum atomic E-state index is 11.9. The van der Waals surface area contributed by atoms with Gasteiger partial charge in [-0.2, -0.15) is 0 Å². The Bertz CT molecular complexity index is 699. The van der Waals surface area contributed by atoms with Crippen LogP contribution in [0.5, 0.6) is 5.75 Å². The van der Waals surface area contributed by atoms with Gasteiger partial charge in [0, 0.05) is 12.7 Å². The fourth-order valence-electron chi connectivity index (χ4n) is 1.39. The average Bonchev–Trinajstić information content (AvgIpc) is 2.65. The van der Waals surface area contributed by atoms with Gasteiger partial charge in [-0.15, -0.1) is 10.2 Å². The van der Waals surface area contributed by atoms with E-state index in [1.807, 2.05) is 14.0 Å². The van der Waals surface area contributed by atoms with Crippen LogP contribution in [0, 0.1) is 10.9 Å². The summed E-state index contributed by atoms with van der Waals surface area (Å²) in [5, 5.41) is 16.6. The first-order chi connectivity index (χ1) is 8.99. The molecule has 1 aromatic carbocycles. The van der Waals surface area contributed by atoms with Crippen LogP contribution < -0.4 is 0 Å². The summed E-state index contributed by atoms with van der Waals surface area (Å²) < 4.78 is 2.39. The molecule has 1 heterocycles. The van der Waals surface area contributed by atoms with Crippen molar-refractivity contribution in [2.45, 2.75) is 6.92 Å². The highest BCUT2D eigenvalue weighted by Gasteiger charge is 2.13. The third-order valence-corrected chi connectivity index (χ3v) is 4.24. The van der Waals surface area contributed by atoms with Crippen LogP contribution in [-0.2, 0) is 7.05 Å². The van der Waals surface area contributed by atoms with E-state index in [-0.39, 0.29) is 5.75 Å². The molecule has 0 aliphatic heterocycles. The number of aromatic hydroxyl groups is 1. The Morgan fingerprint density at radius 3 is 2.53 bits per heavy atom. The first-order valence-electron chi connectivity index (χ1n) is 5.40. The summed E-state index contributed by atoms with van der Waals surface area (Å²) in [6, 6.07) is 6.12. The number of phenols is 1. The van der Waals surface area contributed by atoms with Crippen LogP contribution in [0.25, 0.3) is 0 Å². The maximum absolute atomic E-state index is 11.9. The third kappa shape index (κ3) is 2.94. The van der Waals surface area contributed by atoms with Gasteiger partial charge >= 0.3 is 5.91 Å².